The van der Waals surface area contributed by atoms with Crippen LogP contribution in [0.3, 0.4) is 0 Å². The van der Waals surface area contributed by atoms with Gasteiger partial charge in [-0.05, 0) is 48.4 Å². The standard InChI is InChI=1S/C21H24ClN5O2S/c1-12(28)27(2)7-4-8-30-21-25-19(24-20(23)26-21)18-15-6-3-5-13-10-29-11-14(17(13)15)9-16(18)22/h3,5-6,9,12,28H,4,7-8,10-11H2,1-2H3,(H2,23,24,25,26). The minimum absolute atomic E-state index is 0.170. The number of hydrogen-bond acceptors (Lipinski definition) is 8. The van der Waals surface area contributed by atoms with Gasteiger partial charge in [0.05, 0.1) is 18.2 Å². The Morgan fingerprint density at radius 2 is 2.07 bits per heavy atom. The monoisotopic (exact) mass is 445 g/mol. The summed E-state index contributed by atoms with van der Waals surface area (Å²) in [6, 6.07) is 8.03. The fourth-order valence-electron chi connectivity index (χ4n) is 3.56. The molecule has 0 radical (unpaired) electrons. The van der Waals surface area contributed by atoms with Crippen molar-refractivity contribution in [3.8, 4) is 11.4 Å². The van der Waals surface area contributed by atoms with E-state index >= 15 is 0 Å². The zero-order valence-electron chi connectivity index (χ0n) is 16.9. The second-order valence-electron chi connectivity index (χ2n) is 7.34. The Labute approximate surface area is 184 Å². The number of ether oxygens (including phenoxy) is 1. The Morgan fingerprint density at radius 1 is 1.27 bits per heavy atom. The molecule has 0 aliphatic carbocycles. The van der Waals surface area contributed by atoms with E-state index in [9.17, 15) is 5.11 Å². The Balaban J connectivity index is 1.65. The molecule has 0 fully saturated rings. The van der Waals surface area contributed by atoms with Crippen LogP contribution in [0.4, 0.5) is 5.95 Å². The molecular formula is C21H24ClN5O2S. The molecule has 0 amide bonds. The van der Waals surface area contributed by atoms with Gasteiger partial charge in [-0.25, -0.2) is 4.98 Å². The molecule has 0 saturated carbocycles. The predicted molar refractivity (Wildman–Crippen MR) is 120 cm³/mol. The summed E-state index contributed by atoms with van der Waals surface area (Å²) < 4.78 is 5.67. The van der Waals surface area contributed by atoms with Crippen LogP contribution in [0.1, 0.15) is 24.5 Å². The van der Waals surface area contributed by atoms with Gasteiger partial charge in [-0.15, -0.1) is 0 Å². The molecule has 0 spiro atoms. The minimum Gasteiger partial charge on any atom is -0.379 e. The maximum absolute atomic E-state index is 9.56. The van der Waals surface area contributed by atoms with Gasteiger partial charge in [-0.2, -0.15) is 9.97 Å². The van der Waals surface area contributed by atoms with E-state index < -0.39 is 6.23 Å². The summed E-state index contributed by atoms with van der Waals surface area (Å²) in [7, 11) is 1.89. The van der Waals surface area contributed by atoms with Crippen LogP contribution in [-0.4, -0.2) is 50.5 Å². The Hall–Kier alpha value is -1.97. The van der Waals surface area contributed by atoms with Gasteiger partial charge in [0.2, 0.25) is 5.95 Å². The van der Waals surface area contributed by atoms with E-state index in [0.717, 1.165) is 46.2 Å². The third-order valence-corrected chi connectivity index (χ3v) is 6.41. The molecule has 1 aliphatic heterocycles. The van der Waals surface area contributed by atoms with Crippen molar-refractivity contribution in [2.45, 2.75) is 37.9 Å². The summed E-state index contributed by atoms with van der Waals surface area (Å²) in [4.78, 5) is 15.2. The van der Waals surface area contributed by atoms with E-state index in [1.54, 1.807) is 6.92 Å². The van der Waals surface area contributed by atoms with Crippen molar-refractivity contribution in [3.05, 3.63) is 40.4 Å². The van der Waals surface area contributed by atoms with Crippen LogP contribution >= 0.6 is 23.4 Å². The molecule has 2 heterocycles. The quantitative estimate of drug-likeness (QED) is 0.322. The smallest absolute Gasteiger partial charge is 0.224 e. The molecule has 7 nitrogen and oxygen atoms in total. The average Bonchev–Trinajstić information content (AvgIpc) is 2.71. The number of aromatic nitrogens is 3. The third-order valence-electron chi connectivity index (χ3n) is 5.18. The fraction of sp³-hybridized carbons (Fsp3) is 0.381. The van der Waals surface area contributed by atoms with Gasteiger partial charge in [-0.3, -0.25) is 4.90 Å². The topological polar surface area (TPSA) is 97.4 Å². The number of aliphatic hydroxyl groups is 1. The van der Waals surface area contributed by atoms with E-state index in [2.05, 4.69) is 21.0 Å². The first-order valence-electron chi connectivity index (χ1n) is 9.78. The number of anilines is 1. The molecule has 3 aromatic rings. The molecular weight excluding hydrogens is 422 g/mol. The van der Waals surface area contributed by atoms with Crippen LogP contribution in [0.15, 0.2) is 29.4 Å². The first-order valence-corrected chi connectivity index (χ1v) is 11.1. The number of rotatable bonds is 7. The number of thioether (sulfide) groups is 1. The maximum atomic E-state index is 9.56. The van der Waals surface area contributed by atoms with Crippen LogP contribution in [0, 0.1) is 0 Å². The highest BCUT2D eigenvalue weighted by atomic mass is 35.5. The Bertz CT molecular complexity index is 1080. The molecule has 1 aliphatic rings. The summed E-state index contributed by atoms with van der Waals surface area (Å²) in [5.74, 6) is 1.45. The van der Waals surface area contributed by atoms with Crippen molar-refractivity contribution in [2.24, 2.45) is 0 Å². The number of nitrogen functional groups attached to an aromatic ring is 1. The van der Waals surface area contributed by atoms with Crippen LogP contribution in [0.2, 0.25) is 5.02 Å². The Morgan fingerprint density at radius 3 is 2.87 bits per heavy atom. The average molecular weight is 446 g/mol. The molecule has 158 valence electrons. The summed E-state index contributed by atoms with van der Waals surface area (Å²) in [6.07, 6.45) is 0.421. The van der Waals surface area contributed by atoms with Gasteiger partial charge >= 0.3 is 0 Å². The minimum atomic E-state index is -0.463. The van der Waals surface area contributed by atoms with Crippen molar-refractivity contribution < 1.29 is 9.84 Å². The van der Waals surface area contributed by atoms with Gasteiger partial charge in [0, 0.05) is 17.9 Å². The van der Waals surface area contributed by atoms with Crippen LogP contribution < -0.4 is 5.73 Å². The zero-order chi connectivity index (χ0) is 21.3. The summed E-state index contributed by atoms with van der Waals surface area (Å²) in [5, 5.41) is 12.8. The second-order valence-corrected chi connectivity index (χ2v) is 8.81. The van der Waals surface area contributed by atoms with Crippen molar-refractivity contribution in [2.75, 3.05) is 25.1 Å². The van der Waals surface area contributed by atoms with Gasteiger partial charge in [0.15, 0.2) is 11.0 Å². The molecule has 4 rings (SSSR count). The first-order chi connectivity index (χ1) is 14.4. The molecule has 1 aromatic heterocycles. The van der Waals surface area contributed by atoms with E-state index in [-0.39, 0.29) is 5.95 Å². The zero-order valence-corrected chi connectivity index (χ0v) is 18.5. The molecule has 1 atom stereocenters. The fourth-order valence-corrected chi connectivity index (χ4v) is 4.64. The molecule has 0 bridgehead atoms. The molecule has 3 N–H and O–H groups in total. The number of nitrogens with two attached hydrogens (primary N) is 1. The largest absolute Gasteiger partial charge is 0.379 e. The number of nitrogens with zero attached hydrogens (tertiary/aromatic N) is 4. The van der Waals surface area contributed by atoms with Crippen LogP contribution in [0.5, 0.6) is 0 Å². The van der Waals surface area contributed by atoms with Gasteiger partial charge in [0.1, 0.15) is 6.23 Å². The number of aliphatic hydroxyl groups excluding tert-OH is 1. The van der Waals surface area contributed by atoms with Crippen molar-refractivity contribution >= 4 is 40.1 Å². The van der Waals surface area contributed by atoms with Crippen LogP contribution in [-0.2, 0) is 18.0 Å². The highest BCUT2D eigenvalue weighted by Crippen LogP contribution is 2.39. The summed E-state index contributed by atoms with van der Waals surface area (Å²) in [6.45, 7) is 3.64. The normalized spacial score (nSPS) is 14.4. The number of benzene rings is 2. The van der Waals surface area contributed by atoms with E-state index in [4.69, 9.17) is 22.1 Å². The highest BCUT2D eigenvalue weighted by molar-refractivity contribution is 7.99. The highest BCUT2D eigenvalue weighted by Gasteiger charge is 2.21. The second kappa shape index (κ2) is 9.03. The van der Waals surface area contributed by atoms with Gasteiger partial charge < -0.3 is 15.6 Å². The summed E-state index contributed by atoms with van der Waals surface area (Å²) >= 11 is 8.18. The SMILES string of the molecule is CC(O)N(C)CCCSc1nc(N)nc(-c2c(Cl)cc3c4c(cccc24)COC3)n1. The predicted octanol–water partition coefficient (Wildman–Crippen LogP) is 3.71. The summed E-state index contributed by atoms with van der Waals surface area (Å²) in [5.41, 5.74) is 8.97. The lowest BCUT2D eigenvalue weighted by Crippen LogP contribution is -2.29. The van der Waals surface area contributed by atoms with Gasteiger partial charge in [0.25, 0.3) is 0 Å². The number of halogens is 1. The van der Waals surface area contributed by atoms with E-state index in [1.807, 2.05) is 30.1 Å². The molecule has 2 aromatic carbocycles. The Kier molecular flexibility index (Phi) is 6.40. The van der Waals surface area contributed by atoms with Crippen molar-refractivity contribution in [3.63, 3.8) is 0 Å². The molecule has 30 heavy (non-hydrogen) atoms. The lowest BCUT2D eigenvalue weighted by atomic mass is 9.94. The van der Waals surface area contributed by atoms with Crippen molar-refractivity contribution in [1.82, 2.24) is 19.9 Å². The molecule has 1 unspecified atom stereocenters. The molecule has 0 saturated heterocycles. The van der Waals surface area contributed by atoms with Gasteiger partial charge in [-0.1, -0.05) is 41.6 Å². The van der Waals surface area contributed by atoms with Crippen LogP contribution in [0.25, 0.3) is 22.2 Å². The third kappa shape index (κ3) is 4.38. The first kappa shape index (κ1) is 21.3. The van der Waals surface area contributed by atoms with Crippen molar-refractivity contribution in [1.29, 1.82) is 0 Å². The lowest BCUT2D eigenvalue weighted by molar-refractivity contribution is 0.0388. The molecule has 9 heteroatoms. The van der Waals surface area contributed by atoms with E-state index in [1.165, 1.54) is 11.8 Å². The number of hydrogen-bond donors (Lipinski definition) is 2. The van der Waals surface area contributed by atoms with E-state index in [0.29, 0.717) is 29.2 Å². The maximum Gasteiger partial charge on any atom is 0.224 e. The lowest BCUT2D eigenvalue weighted by Gasteiger charge is -2.20.